The highest BCUT2D eigenvalue weighted by Crippen LogP contribution is 2.25. The fraction of sp³-hybridized carbons (Fsp3) is 0.375. The van der Waals surface area contributed by atoms with E-state index in [-0.39, 0.29) is 5.78 Å². The number of ketones is 1. The Bertz CT molecular complexity index is 828. The second kappa shape index (κ2) is 9.56. The van der Waals surface area contributed by atoms with Crippen molar-refractivity contribution in [2.24, 2.45) is 0 Å². The number of nitrogens with zero attached hydrogens (tertiary/aromatic N) is 1. The molecule has 1 aliphatic heterocycles. The maximum atomic E-state index is 12.6. The molecule has 0 spiro atoms. The summed E-state index contributed by atoms with van der Waals surface area (Å²) >= 11 is 0. The third-order valence-electron chi connectivity index (χ3n) is 5.12. The Hall–Kier alpha value is -2.59. The molecule has 1 aliphatic rings. The van der Waals surface area contributed by atoms with E-state index in [1.165, 1.54) is 25.9 Å². The number of benzene rings is 2. The lowest BCUT2D eigenvalue weighted by Crippen LogP contribution is -2.25. The van der Waals surface area contributed by atoms with Gasteiger partial charge in [0.15, 0.2) is 5.78 Å². The van der Waals surface area contributed by atoms with Crippen LogP contribution in [-0.2, 0) is 0 Å². The van der Waals surface area contributed by atoms with Crippen LogP contribution in [0.1, 0.15) is 39.9 Å². The summed E-state index contributed by atoms with van der Waals surface area (Å²) in [7, 11) is 1.63. The van der Waals surface area contributed by atoms with E-state index in [0.29, 0.717) is 12.2 Å². The van der Waals surface area contributed by atoms with E-state index in [0.717, 1.165) is 34.7 Å². The van der Waals surface area contributed by atoms with Gasteiger partial charge < -0.3 is 9.47 Å². The van der Waals surface area contributed by atoms with Crippen molar-refractivity contribution in [3.63, 3.8) is 0 Å². The predicted molar refractivity (Wildman–Crippen MR) is 113 cm³/mol. The highest BCUT2D eigenvalue weighted by Gasteiger charge is 2.13. The summed E-state index contributed by atoms with van der Waals surface area (Å²) in [6, 6.07) is 11.5. The summed E-state index contributed by atoms with van der Waals surface area (Å²) in [5.41, 5.74) is 3.61. The molecule has 0 saturated carbocycles. The summed E-state index contributed by atoms with van der Waals surface area (Å²) in [4.78, 5) is 15.0. The van der Waals surface area contributed by atoms with Crippen LogP contribution in [0.25, 0.3) is 6.08 Å². The van der Waals surface area contributed by atoms with Crippen LogP contribution in [0.15, 0.2) is 42.5 Å². The quantitative estimate of drug-likeness (QED) is 0.493. The van der Waals surface area contributed by atoms with E-state index in [1.807, 2.05) is 56.3 Å². The van der Waals surface area contributed by atoms with E-state index in [2.05, 4.69) is 4.90 Å². The van der Waals surface area contributed by atoms with E-state index in [4.69, 9.17) is 9.47 Å². The van der Waals surface area contributed by atoms with Gasteiger partial charge in [-0.1, -0.05) is 18.2 Å². The van der Waals surface area contributed by atoms with Crippen molar-refractivity contribution in [1.29, 1.82) is 0 Å². The van der Waals surface area contributed by atoms with Gasteiger partial charge in [-0.05, 0) is 86.8 Å². The van der Waals surface area contributed by atoms with Gasteiger partial charge in [0.2, 0.25) is 0 Å². The largest absolute Gasteiger partial charge is 0.497 e. The monoisotopic (exact) mass is 379 g/mol. The zero-order valence-electron chi connectivity index (χ0n) is 17.0. The first-order valence-electron chi connectivity index (χ1n) is 9.89. The molecule has 3 rings (SSSR count). The number of rotatable bonds is 8. The van der Waals surface area contributed by atoms with Crippen molar-refractivity contribution in [3.8, 4) is 11.5 Å². The lowest BCUT2D eigenvalue weighted by atomic mass is 10.0. The molecule has 0 aromatic heterocycles. The minimum Gasteiger partial charge on any atom is -0.497 e. The Morgan fingerprint density at radius 3 is 2.50 bits per heavy atom. The predicted octanol–water partition coefficient (Wildman–Crippen LogP) is 4.68. The zero-order valence-corrected chi connectivity index (χ0v) is 17.0. The van der Waals surface area contributed by atoms with Crippen molar-refractivity contribution in [2.75, 3.05) is 33.4 Å². The van der Waals surface area contributed by atoms with Crippen molar-refractivity contribution in [3.05, 3.63) is 64.7 Å². The lowest BCUT2D eigenvalue weighted by Gasteiger charge is -2.17. The van der Waals surface area contributed by atoms with Crippen molar-refractivity contribution >= 4 is 11.9 Å². The van der Waals surface area contributed by atoms with E-state index in [9.17, 15) is 4.79 Å². The molecular formula is C24H29NO3. The average Bonchev–Trinajstić information content (AvgIpc) is 3.21. The lowest BCUT2D eigenvalue weighted by molar-refractivity contribution is 0.104. The first-order chi connectivity index (χ1) is 13.6. The van der Waals surface area contributed by atoms with Crippen LogP contribution in [0.4, 0.5) is 0 Å². The van der Waals surface area contributed by atoms with Gasteiger partial charge >= 0.3 is 0 Å². The third kappa shape index (κ3) is 5.23. The van der Waals surface area contributed by atoms with Gasteiger partial charge in [-0.2, -0.15) is 0 Å². The van der Waals surface area contributed by atoms with Crippen LogP contribution in [0.5, 0.6) is 11.5 Å². The molecule has 4 heteroatoms. The Balaban J connectivity index is 1.64. The maximum Gasteiger partial charge on any atom is 0.185 e. The number of allylic oxidation sites excluding steroid dienone is 1. The second-order valence-electron chi connectivity index (χ2n) is 7.31. The molecule has 0 N–H and O–H groups in total. The molecule has 28 heavy (non-hydrogen) atoms. The van der Waals surface area contributed by atoms with E-state index in [1.54, 1.807) is 13.2 Å². The summed E-state index contributed by atoms with van der Waals surface area (Å²) < 4.78 is 11.3. The van der Waals surface area contributed by atoms with Crippen molar-refractivity contribution in [2.45, 2.75) is 26.7 Å². The number of likely N-dealkylation sites (tertiary alicyclic amines) is 1. The number of hydrogen-bond donors (Lipinski definition) is 0. The number of carbonyl (C=O) groups is 1. The molecule has 0 aliphatic carbocycles. The molecule has 2 aromatic carbocycles. The maximum absolute atomic E-state index is 12.6. The SMILES string of the molecule is COc1cccc(C=CC(=O)c2cc(C)c(OCCN3CCCC3)c(C)c2)c1. The van der Waals surface area contributed by atoms with Crippen LogP contribution < -0.4 is 9.47 Å². The number of ether oxygens (including phenoxy) is 2. The van der Waals surface area contributed by atoms with E-state index >= 15 is 0 Å². The van der Waals surface area contributed by atoms with Gasteiger partial charge in [0, 0.05) is 12.1 Å². The topological polar surface area (TPSA) is 38.8 Å². The van der Waals surface area contributed by atoms with Gasteiger partial charge in [-0.25, -0.2) is 0 Å². The van der Waals surface area contributed by atoms with Gasteiger partial charge in [0.05, 0.1) is 7.11 Å². The molecule has 0 bridgehead atoms. The Morgan fingerprint density at radius 2 is 1.82 bits per heavy atom. The Labute approximate surface area is 167 Å². The van der Waals surface area contributed by atoms with Crippen LogP contribution in [0.3, 0.4) is 0 Å². The molecule has 0 amide bonds. The summed E-state index contributed by atoms with van der Waals surface area (Å²) in [6.07, 6.45) is 6.00. The highest BCUT2D eigenvalue weighted by molar-refractivity contribution is 6.07. The smallest absolute Gasteiger partial charge is 0.185 e. The molecule has 1 saturated heterocycles. The minimum absolute atomic E-state index is 0.0161. The number of hydrogen-bond acceptors (Lipinski definition) is 4. The Morgan fingerprint density at radius 1 is 1.11 bits per heavy atom. The van der Waals surface area contributed by atoms with Crippen LogP contribution in [0.2, 0.25) is 0 Å². The fourth-order valence-corrected chi connectivity index (χ4v) is 3.62. The summed E-state index contributed by atoms with van der Waals surface area (Å²) in [6.45, 7) is 8.00. The molecule has 4 nitrogen and oxygen atoms in total. The summed E-state index contributed by atoms with van der Waals surface area (Å²) in [5, 5.41) is 0. The first-order valence-corrected chi connectivity index (χ1v) is 9.89. The normalized spacial score (nSPS) is 14.5. The average molecular weight is 380 g/mol. The molecule has 2 aromatic rings. The first kappa shape index (κ1) is 20.2. The minimum atomic E-state index is -0.0161. The zero-order chi connectivity index (χ0) is 19.9. The molecule has 1 heterocycles. The van der Waals surface area contributed by atoms with Crippen LogP contribution in [0, 0.1) is 13.8 Å². The highest BCUT2D eigenvalue weighted by atomic mass is 16.5. The standard InChI is InChI=1S/C24H29NO3/c1-18-15-21(23(26)10-9-20-7-6-8-22(17-20)27-3)16-19(2)24(18)28-14-13-25-11-4-5-12-25/h6-10,15-17H,4-5,11-14H2,1-3H3. The second-order valence-corrected chi connectivity index (χ2v) is 7.31. The Kier molecular flexibility index (Phi) is 6.88. The van der Waals surface area contributed by atoms with Gasteiger partial charge in [0.25, 0.3) is 0 Å². The van der Waals surface area contributed by atoms with Gasteiger partial charge in [-0.3, -0.25) is 9.69 Å². The molecule has 1 fully saturated rings. The molecule has 0 atom stereocenters. The number of carbonyl (C=O) groups excluding carboxylic acids is 1. The summed E-state index contributed by atoms with van der Waals surface area (Å²) in [5.74, 6) is 1.65. The third-order valence-corrected chi connectivity index (χ3v) is 5.12. The number of methoxy groups -OCH3 is 1. The van der Waals surface area contributed by atoms with E-state index < -0.39 is 0 Å². The van der Waals surface area contributed by atoms with Crippen LogP contribution in [-0.4, -0.2) is 44.0 Å². The molecule has 0 radical (unpaired) electrons. The number of aryl methyl sites for hydroxylation is 2. The van der Waals surface area contributed by atoms with Gasteiger partial charge in [0.1, 0.15) is 18.1 Å². The van der Waals surface area contributed by atoms with Crippen molar-refractivity contribution in [1.82, 2.24) is 4.90 Å². The molecular weight excluding hydrogens is 350 g/mol. The van der Waals surface area contributed by atoms with Crippen LogP contribution >= 0.6 is 0 Å². The van der Waals surface area contributed by atoms with Crippen molar-refractivity contribution < 1.29 is 14.3 Å². The molecule has 0 unspecified atom stereocenters. The van der Waals surface area contributed by atoms with Gasteiger partial charge in [-0.15, -0.1) is 0 Å². The fourth-order valence-electron chi connectivity index (χ4n) is 3.62. The molecule has 148 valence electrons.